The van der Waals surface area contributed by atoms with Crippen molar-refractivity contribution in [2.45, 2.75) is 26.1 Å². The van der Waals surface area contributed by atoms with Gasteiger partial charge in [0, 0.05) is 5.56 Å². The normalized spacial score (nSPS) is 15.5. The smallest absolute Gasteiger partial charge is 0.226 e. The van der Waals surface area contributed by atoms with Crippen LogP contribution in [0.25, 0.3) is 11.1 Å². The molecule has 28 heavy (non-hydrogen) atoms. The third kappa shape index (κ3) is 4.28. The van der Waals surface area contributed by atoms with E-state index in [0.717, 1.165) is 18.2 Å². The van der Waals surface area contributed by atoms with Gasteiger partial charge in [0.2, 0.25) is 11.9 Å². The molecule has 0 saturated heterocycles. The maximum atomic E-state index is 14.9. The first kappa shape index (κ1) is 21.7. The third-order valence-electron chi connectivity index (χ3n) is 3.98. The van der Waals surface area contributed by atoms with Gasteiger partial charge in [-0.3, -0.25) is 4.84 Å². The average molecular weight is 458 g/mol. The fraction of sp³-hybridized carbons (Fsp3) is 0.222. The minimum Gasteiger partial charge on any atom is -0.368 e. The van der Waals surface area contributed by atoms with Crippen molar-refractivity contribution in [3.05, 3.63) is 59.4 Å². The van der Waals surface area contributed by atoms with Crippen LogP contribution < -0.4 is 11.5 Å². The maximum Gasteiger partial charge on any atom is 0.226 e. The Labute approximate surface area is 170 Å². The Morgan fingerprint density at radius 1 is 1.04 bits per heavy atom. The Morgan fingerprint density at radius 3 is 2.29 bits per heavy atom. The summed E-state index contributed by atoms with van der Waals surface area (Å²) in [6.07, 6.45) is 0. The molecule has 0 bridgehead atoms. The van der Waals surface area contributed by atoms with Crippen LogP contribution in [0.2, 0.25) is 0 Å². The van der Waals surface area contributed by atoms with E-state index in [1.165, 1.54) is 23.3 Å². The first-order valence-corrected chi connectivity index (χ1v) is 8.04. The number of nitrogens with zero attached hydrogens (tertiary/aromatic N) is 3. The predicted molar refractivity (Wildman–Crippen MR) is 106 cm³/mol. The lowest BCUT2D eigenvalue weighted by molar-refractivity contribution is -0.167. The molecule has 0 unspecified atom stereocenters. The van der Waals surface area contributed by atoms with Crippen molar-refractivity contribution in [3.8, 4) is 11.1 Å². The number of halogens is 4. The highest BCUT2D eigenvalue weighted by molar-refractivity contribution is 8.93. The van der Waals surface area contributed by atoms with E-state index < -0.39 is 23.1 Å². The Morgan fingerprint density at radius 2 is 1.68 bits per heavy atom. The maximum absolute atomic E-state index is 14.9. The summed E-state index contributed by atoms with van der Waals surface area (Å²) in [5.41, 5.74) is 10.5. The highest BCUT2D eigenvalue weighted by Crippen LogP contribution is 2.29. The van der Waals surface area contributed by atoms with Gasteiger partial charge in [0.15, 0.2) is 5.66 Å². The van der Waals surface area contributed by atoms with Crippen LogP contribution in [0.1, 0.15) is 19.4 Å². The van der Waals surface area contributed by atoms with Crippen LogP contribution in [0.15, 0.2) is 46.4 Å². The summed E-state index contributed by atoms with van der Waals surface area (Å²) in [4.78, 5) is 13.5. The number of rotatable bonds is 4. The fourth-order valence-corrected chi connectivity index (χ4v) is 2.74. The molecule has 0 radical (unpaired) electrons. The molecular formula is C18H19BrF3N5O. The molecular weight excluding hydrogens is 439 g/mol. The molecule has 0 aliphatic carbocycles. The minimum atomic E-state index is -0.952. The topological polar surface area (TPSA) is 89.2 Å². The molecule has 0 aromatic heterocycles. The van der Waals surface area contributed by atoms with E-state index in [-0.39, 0.29) is 52.2 Å². The van der Waals surface area contributed by atoms with E-state index in [4.69, 9.17) is 16.3 Å². The van der Waals surface area contributed by atoms with Crippen molar-refractivity contribution in [1.29, 1.82) is 0 Å². The number of hydroxylamine groups is 2. The van der Waals surface area contributed by atoms with Gasteiger partial charge < -0.3 is 11.5 Å². The first-order chi connectivity index (χ1) is 12.7. The monoisotopic (exact) mass is 457 g/mol. The predicted octanol–water partition coefficient (Wildman–Crippen LogP) is 3.46. The van der Waals surface area contributed by atoms with Crippen LogP contribution in [0, 0.1) is 17.5 Å². The zero-order valence-corrected chi connectivity index (χ0v) is 16.8. The van der Waals surface area contributed by atoms with Crippen LogP contribution in [-0.2, 0) is 11.4 Å². The molecule has 3 rings (SSSR count). The number of aliphatic imine (C=N–C) groups is 2. The van der Waals surface area contributed by atoms with Crippen LogP contribution in [-0.4, -0.2) is 22.6 Å². The summed E-state index contributed by atoms with van der Waals surface area (Å²) in [5.74, 6) is -2.10. The van der Waals surface area contributed by atoms with E-state index in [9.17, 15) is 13.2 Å². The molecule has 0 amide bonds. The SMILES string of the molecule is Br.CC1(C)N=C(N)N=C(N)N1OCc1ccc(F)c(-c2ccc(F)cc2)c1F. The lowest BCUT2D eigenvalue weighted by Gasteiger charge is -2.36. The molecule has 1 aliphatic heterocycles. The summed E-state index contributed by atoms with van der Waals surface area (Å²) in [6.45, 7) is 3.12. The van der Waals surface area contributed by atoms with Crippen LogP contribution in [0.3, 0.4) is 0 Å². The van der Waals surface area contributed by atoms with Gasteiger partial charge in [-0.05, 0) is 37.6 Å². The Bertz CT molecular complexity index is 932. The zero-order valence-electron chi connectivity index (χ0n) is 15.1. The highest BCUT2D eigenvalue weighted by atomic mass is 79.9. The van der Waals surface area contributed by atoms with Crippen LogP contribution in [0.4, 0.5) is 13.2 Å². The molecule has 1 heterocycles. The molecule has 2 aromatic rings. The van der Waals surface area contributed by atoms with Crippen LogP contribution in [0.5, 0.6) is 0 Å². The molecule has 4 N–H and O–H groups in total. The second-order valence-electron chi connectivity index (χ2n) is 6.40. The van der Waals surface area contributed by atoms with E-state index in [1.807, 2.05) is 0 Å². The van der Waals surface area contributed by atoms with Gasteiger partial charge in [-0.25, -0.2) is 18.2 Å². The third-order valence-corrected chi connectivity index (χ3v) is 3.98. The number of hydrogen-bond acceptors (Lipinski definition) is 6. The highest BCUT2D eigenvalue weighted by Gasteiger charge is 2.33. The summed E-state index contributed by atoms with van der Waals surface area (Å²) in [7, 11) is 0. The van der Waals surface area contributed by atoms with Crippen molar-refractivity contribution in [2.24, 2.45) is 21.5 Å². The molecule has 0 atom stereocenters. The summed E-state index contributed by atoms with van der Waals surface area (Å²) in [5, 5.41) is 1.20. The zero-order chi connectivity index (χ0) is 19.8. The Balaban J connectivity index is 0.00000280. The quantitative estimate of drug-likeness (QED) is 0.735. The van der Waals surface area contributed by atoms with Crippen molar-refractivity contribution in [2.75, 3.05) is 0 Å². The van der Waals surface area contributed by atoms with Gasteiger partial charge in [0.05, 0.1) is 5.56 Å². The molecule has 1 aliphatic rings. The number of guanidine groups is 2. The first-order valence-electron chi connectivity index (χ1n) is 8.04. The van der Waals surface area contributed by atoms with Gasteiger partial charge >= 0.3 is 0 Å². The molecule has 150 valence electrons. The fourth-order valence-electron chi connectivity index (χ4n) is 2.74. The standard InChI is InChI=1S/C18H18F3N5O.BrH/c1-18(2)25-16(22)24-17(23)26(18)27-9-11-5-8-13(20)14(15(11)21)10-3-6-12(19)7-4-10;/h3-8H,9H2,1-2H3,(H4,22,23,24,25);1H. The van der Waals surface area contributed by atoms with Gasteiger partial charge in [-0.1, -0.05) is 18.2 Å². The van der Waals surface area contributed by atoms with Gasteiger partial charge in [-0.2, -0.15) is 10.1 Å². The number of hydrogen-bond donors (Lipinski definition) is 2. The van der Waals surface area contributed by atoms with Crippen LogP contribution >= 0.6 is 17.0 Å². The van der Waals surface area contributed by atoms with Gasteiger partial charge in [0.25, 0.3) is 0 Å². The largest absolute Gasteiger partial charge is 0.368 e. The summed E-state index contributed by atoms with van der Waals surface area (Å²) < 4.78 is 42.2. The Hall–Kier alpha value is -2.59. The van der Waals surface area contributed by atoms with Crippen molar-refractivity contribution in [1.82, 2.24) is 5.06 Å². The summed E-state index contributed by atoms with van der Waals surface area (Å²) in [6, 6.07) is 7.25. The average Bonchev–Trinajstić information content (AvgIpc) is 2.56. The number of benzene rings is 2. The molecule has 0 spiro atoms. The second kappa shape index (κ2) is 8.19. The van der Waals surface area contributed by atoms with E-state index in [2.05, 4.69) is 9.98 Å². The lowest BCUT2D eigenvalue weighted by Crippen LogP contribution is -2.53. The van der Waals surface area contributed by atoms with Gasteiger partial charge in [0.1, 0.15) is 24.1 Å². The lowest BCUT2D eigenvalue weighted by atomic mass is 10.0. The Kier molecular flexibility index (Phi) is 6.35. The molecule has 2 aromatic carbocycles. The molecule has 10 heteroatoms. The number of nitrogens with two attached hydrogens (primary N) is 2. The molecule has 0 fully saturated rings. The van der Waals surface area contributed by atoms with E-state index in [0.29, 0.717) is 0 Å². The van der Waals surface area contributed by atoms with Gasteiger partial charge in [-0.15, -0.1) is 17.0 Å². The molecule has 0 saturated carbocycles. The van der Waals surface area contributed by atoms with E-state index >= 15 is 0 Å². The summed E-state index contributed by atoms with van der Waals surface area (Å²) >= 11 is 0. The molecule has 6 nitrogen and oxygen atoms in total. The van der Waals surface area contributed by atoms with E-state index in [1.54, 1.807) is 13.8 Å². The second-order valence-corrected chi connectivity index (χ2v) is 6.40. The van der Waals surface area contributed by atoms with Crippen molar-refractivity contribution >= 4 is 28.9 Å². The minimum absolute atomic E-state index is 0. The van der Waals surface area contributed by atoms with Crippen molar-refractivity contribution < 1.29 is 18.0 Å². The van der Waals surface area contributed by atoms with Crippen molar-refractivity contribution in [3.63, 3.8) is 0 Å².